The van der Waals surface area contributed by atoms with Crippen LogP contribution in [0.1, 0.15) is 38.8 Å². The number of benzene rings is 2. The lowest BCUT2D eigenvalue weighted by Gasteiger charge is -2.19. The number of hydrazine groups is 1. The Morgan fingerprint density at radius 3 is 2.41 bits per heavy atom. The van der Waals surface area contributed by atoms with Crippen LogP contribution in [0.4, 0.5) is 5.69 Å². The smallest absolute Gasteiger partial charge is 0.276 e. The van der Waals surface area contributed by atoms with E-state index in [-0.39, 0.29) is 17.9 Å². The number of thiocarbonyl (C=S) groups is 1. The average Bonchev–Trinajstić information content (AvgIpc) is 2.64. The van der Waals surface area contributed by atoms with Crippen LogP contribution in [-0.2, 0) is 16.6 Å². The first-order valence-electron chi connectivity index (χ1n) is 8.96. The molecule has 0 aliphatic carbocycles. The van der Waals surface area contributed by atoms with Crippen LogP contribution in [0.15, 0.2) is 48.5 Å². The second-order valence-corrected chi connectivity index (χ2v) is 7.65. The summed E-state index contributed by atoms with van der Waals surface area (Å²) in [5.41, 5.74) is 8.57. The van der Waals surface area contributed by atoms with Gasteiger partial charge in [0.05, 0.1) is 0 Å². The van der Waals surface area contributed by atoms with Gasteiger partial charge in [-0.1, -0.05) is 52.0 Å². The van der Waals surface area contributed by atoms with Crippen molar-refractivity contribution < 1.29 is 9.53 Å². The number of amides is 1. The van der Waals surface area contributed by atoms with Crippen molar-refractivity contribution in [3.05, 3.63) is 59.7 Å². The van der Waals surface area contributed by atoms with Crippen LogP contribution in [0.3, 0.4) is 0 Å². The largest absolute Gasteiger partial charge is 0.484 e. The maximum atomic E-state index is 11.9. The zero-order valence-corrected chi connectivity index (χ0v) is 17.1. The molecule has 27 heavy (non-hydrogen) atoms. The minimum absolute atomic E-state index is 0.0825. The molecule has 2 aromatic carbocycles. The minimum atomic E-state index is -0.318. The fraction of sp³-hybridized carbons (Fsp3) is 0.333. The molecule has 0 saturated heterocycles. The molecule has 0 atom stereocenters. The van der Waals surface area contributed by atoms with E-state index in [0.717, 1.165) is 12.1 Å². The lowest BCUT2D eigenvalue weighted by Crippen LogP contribution is -2.45. The minimum Gasteiger partial charge on any atom is -0.484 e. The summed E-state index contributed by atoms with van der Waals surface area (Å²) in [6.07, 6.45) is 0.945. The Hall–Kier alpha value is -2.60. The maximum Gasteiger partial charge on any atom is 0.276 e. The first-order chi connectivity index (χ1) is 12.8. The Labute approximate surface area is 166 Å². The predicted octanol–water partition coefficient (Wildman–Crippen LogP) is 3.94. The highest BCUT2D eigenvalue weighted by molar-refractivity contribution is 7.80. The van der Waals surface area contributed by atoms with E-state index in [2.05, 4.69) is 49.9 Å². The van der Waals surface area contributed by atoms with Crippen molar-refractivity contribution in [2.75, 3.05) is 11.9 Å². The molecule has 144 valence electrons. The number of carbonyl (C=O) groups is 1. The van der Waals surface area contributed by atoms with Crippen LogP contribution in [-0.4, -0.2) is 17.6 Å². The molecule has 0 radical (unpaired) electrons. The van der Waals surface area contributed by atoms with Gasteiger partial charge in [-0.3, -0.25) is 15.6 Å². The number of rotatable bonds is 5. The first kappa shape index (κ1) is 20.7. The lowest BCUT2D eigenvalue weighted by molar-refractivity contribution is -0.123. The highest BCUT2D eigenvalue weighted by Gasteiger charge is 2.13. The number of nitrogens with one attached hydrogen (secondary N) is 3. The summed E-state index contributed by atoms with van der Waals surface area (Å²) in [4.78, 5) is 11.9. The highest BCUT2D eigenvalue weighted by Crippen LogP contribution is 2.24. The number of aryl methyl sites for hydroxylation is 1. The summed E-state index contributed by atoms with van der Waals surface area (Å²) < 4.78 is 5.50. The molecule has 0 aromatic heterocycles. The third kappa shape index (κ3) is 6.90. The van der Waals surface area contributed by atoms with Gasteiger partial charge in [0.25, 0.3) is 5.91 Å². The zero-order valence-electron chi connectivity index (χ0n) is 16.3. The van der Waals surface area contributed by atoms with Gasteiger partial charge in [0, 0.05) is 5.69 Å². The number of ether oxygens (including phenoxy) is 1. The Kier molecular flexibility index (Phi) is 7.19. The summed E-state index contributed by atoms with van der Waals surface area (Å²) in [5, 5.41) is 3.34. The van der Waals surface area contributed by atoms with Crippen molar-refractivity contribution in [2.45, 2.75) is 39.5 Å². The molecule has 0 aliphatic rings. The van der Waals surface area contributed by atoms with Crippen molar-refractivity contribution in [1.29, 1.82) is 0 Å². The fourth-order valence-electron chi connectivity index (χ4n) is 2.39. The summed E-state index contributed by atoms with van der Waals surface area (Å²) in [5.74, 6) is 0.330. The summed E-state index contributed by atoms with van der Waals surface area (Å²) in [7, 11) is 0. The molecule has 1 amide bonds. The standard InChI is InChI=1S/C21H27N3O2S/c1-5-15-7-6-8-17(13-15)22-20(27)24-23-19(25)14-26-18-11-9-16(10-12-18)21(2,3)4/h6-13H,5,14H2,1-4H3,(H,23,25)(H2,22,24,27). The van der Waals surface area contributed by atoms with Crippen molar-refractivity contribution in [2.24, 2.45) is 0 Å². The van der Waals surface area contributed by atoms with Gasteiger partial charge >= 0.3 is 0 Å². The van der Waals surface area contributed by atoms with Crippen LogP contribution >= 0.6 is 12.2 Å². The Morgan fingerprint density at radius 2 is 1.78 bits per heavy atom. The van der Waals surface area contributed by atoms with E-state index in [1.54, 1.807) is 0 Å². The van der Waals surface area contributed by atoms with E-state index >= 15 is 0 Å². The number of anilines is 1. The van der Waals surface area contributed by atoms with E-state index < -0.39 is 0 Å². The fourth-order valence-corrected chi connectivity index (χ4v) is 2.56. The molecule has 0 fully saturated rings. The molecular formula is C21H27N3O2S. The molecule has 3 N–H and O–H groups in total. The summed E-state index contributed by atoms with van der Waals surface area (Å²) >= 11 is 5.18. The summed E-state index contributed by atoms with van der Waals surface area (Å²) in [6, 6.07) is 15.7. The van der Waals surface area contributed by atoms with E-state index in [9.17, 15) is 4.79 Å². The maximum absolute atomic E-state index is 11.9. The monoisotopic (exact) mass is 385 g/mol. The SMILES string of the molecule is CCc1cccc(NC(=S)NNC(=O)COc2ccc(C(C)(C)C)cc2)c1. The normalized spacial score (nSPS) is 10.8. The average molecular weight is 386 g/mol. The molecule has 0 unspecified atom stereocenters. The van der Waals surface area contributed by atoms with Crippen molar-refractivity contribution in [3.63, 3.8) is 0 Å². The quantitative estimate of drug-likeness (QED) is 0.537. The third-order valence-corrected chi connectivity index (χ3v) is 4.20. The van der Waals surface area contributed by atoms with Gasteiger partial charge in [-0.15, -0.1) is 0 Å². The predicted molar refractivity (Wildman–Crippen MR) is 114 cm³/mol. The van der Waals surface area contributed by atoms with Gasteiger partial charge in [-0.25, -0.2) is 0 Å². The van der Waals surface area contributed by atoms with E-state index in [4.69, 9.17) is 17.0 Å². The van der Waals surface area contributed by atoms with Gasteiger partial charge < -0.3 is 10.1 Å². The van der Waals surface area contributed by atoms with Gasteiger partial charge in [0.2, 0.25) is 0 Å². The van der Waals surface area contributed by atoms with Crippen LogP contribution < -0.4 is 20.9 Å². The second-order valence-electron chi connectivity index (χ2n) is 7.24. The van der Waals surface area contributed by atoms with Gasteiger partial charge in [-0.2, -0.15) is 0 Å². The van der Waals surface area contributed by atoms with Gasteiger partial charge in [0.1, 0.15) is 5.75 Å². The van der Waals surface area contributed by atoms with Crippen molar-refractivity contribution >= 4 is 28.9 Å². The highest BCUT2D eigenvalue weighted by atomic mass is 32.1. The molecule has 6 heteroatoms. The first-order valence-corrected chi connectivity index (χ1v) is 9.37. The molecule has 0 spiro atoms. The molecule has 0 bridgehead atoms. The molecule has 0 saturated carbocycles. The van der Waals surface area contributed by atoms with E-state index in [1.807, 2.05) is 42.5 Å². The topological polar surface area (TPSA) is 62.4 Å². The van der Waals surface area contributed by atoms with Crippen LogP contribution in [0.25, 0.3) is 0 Å². The molecule has 2 aromatic rings. The molecular weight excluding hydrogens is 358 g/mol. The van der Waals surface area contributed by atoms with E-state index in [1.165, 1.54) is 11.1 Å². The number of hydrogen-bond donors (Lipinski definition) is 3. The zero-order chi connectivity index (χ0) is 19.9. The number of hydrogen-bond acceptors (Lipinski definition) is 3. The Balaban J connectivity index is 1.74. The van der Waals surface area contributed by atoms with Crippen LogP contribution in [0, 0.1) is 0 Å². The lowest BCUT2D eigenvalue weighted by atomic mass is 9.87. The number of carbonyl (C=O) groups excluding carboxylic acids is 1. The third-order valence-electron chi connectivity index (χ3n) is 4.00. The van der Waals surface area contributed by atoms with Crippen LogP contribution in [0.5, 0.6) is 5.75 Å². The van der Waals surface area contributed by atoms with Crippen LogP contribution in [0.2, 0.25) is 0 Å². The molecule has 2 rings (SSSR count). The summed E-state index contributed by atoms with van der Waals surface area (Å²) in [6.45, 7) is 8.44. The molecule has 0 aliphatic heterocycles. The Bertz CT molecular complexity index is 783. The Morgan fingerprint density at radius 1 is 1.07 bits per heavy atom. The molecule has 0 heterocycles. The van der Waals surface area contributed by atoms with Gasteiger partial charge in [-0.05, 0) is 59.4 Å². The molecule has 5 nitrogen and oxygen atoms in total. The second kappa shape index (κ2) is 9.37. The van der Waals surface area contributed by atoms with E-state index in [0.29, 0.717) is 10.9 Å². The van der Waals surface area contributed by atoms with Gasteiger partial charge in [0.15, 0.2) is 11.7 Å². The van der Waals surface area contributed by atoms with Crippen molar-refractivity contribution in [1.82, 2.24) is 10.9 Å². The van der Waals surface area contributed by atoms with Crippen molar-refractivity contribution in [3.8, 4) is 5.75 Å².